The molecule has 0 radical (unpaired) electrons. The Bertz CT molecular complexity index is 348. The summed E-state index contributed by atoms with van der Waals surface area (Å²) >= 11 is 0. The first-order valence-corrected chi connectivity index (χ1v) is 4.61. The lowest BCUT2D eigenvalue weighted by Crippen LogP contribution is -2.22. The van der Waals surface area contributed by atoms with Gasteiger partial charge in [-0.1, -0.05) is 0 Å². The minimum Gasteiger partial charge on any atom is -0.481 e. The highest BCUT2D eigenvalue weighted by Gasteiger charge is 2.16. The van der Waals surface area contributed by atoms with E-state index in [1.165, 1.54) is 0 Å². The smallest absolute Gasteiger partial charge is 0.305 e. The summed E-state index contributed by atoms with van der Waals surface area (Å²) in [4.78, 5) is 20.9. The van der Waals surface area contributed by atoms with Crippen molar-refractivity contribution in [2.75, 3.05) is 0 Å². The van der Waals surface area contributed by atoms with Crippen LogP contribution in [-0.4, -0.2) is 27.3 Å². The van der Waals surface area contributed by atoms with Crippen molar-refractivity contribution < 1.29 is 14.7 Å². The van der Waals surface area contributed by atoms with E-state index in [0.717, 1.165) is 0 Å². The van der Waals surface area contributed by atoms with Gasteiger partial charge in [-0.3, -0.25) is 14.3 Å². The van der Waals surface area contributed by atoms with Crippen LogP contribution in [0.3, 0.4) is 0 Å². The van der Waals surface area contributed by atoms with Crippen LogP contribution in [0.15, 0.2) is 12.4 Å². The van der Waals surface area contributed by atoms with Gasteiger partial charge in [-0.2, -0.15) is 5.10 Å². The van der Waals surface area contributed by atoms with Crippen molar-refractivity contribution in [1.29, 1.82) is 0 Å². The lowest BCUT2D eigenvalue weighted by atomic mass is 10.1. The zero-order valence-electron chi connectivity index (χ0n) is 8.38. The molecule has 1 rings (SSSR count). The minimum atomic E-state index is -0.960. The Morgan fingerprint density at radius 2 is 2.53 bits per heavy atom. The van der Waals surface area contributed by atoms with Crippen LogP contribution in [0, 0.1) is 0 Å². The second-order valence-electron chi connectivity index (χ2n) is 3.06. The Balaban J connectivity index is 2.77. The lowest BCUT2D eigenvalue weighted by molar-refractivity contribution is -0.137. The van der Waals surface area contributed by atoms with E-state index < -0.39 is 12.0 Å². The summed E-state index contributed by atoms with van der Waals surface area (Å²) in [6.07, 6.45) is 3.64. The van der Waals surface area contributed by atoms with Crippen LogP contribution in [0.2, 0.25) is 0 Å². The molecule has 2 N–H and O–H groups in total. The fourth-order valence-corrected chi connectivity index (χ4v) is 1.26. The number of aryl methyl sites for hydroxylation is 1. The first-order valence-electron chi connectivity index (χ1n) is 4.61. The van der Waals surface area contributed by atoms with Crippen molar-refractivity contribution in [1.82, 2.24) is 15.1 Å². The molecule has 0 aromatic carbocycles. The van der Waals surface area contributed by atoms with Crippen LogP contribution in [0.4, 0.5) is 0 Å². The molecule has 1 atom stereocenters. The van der Waals surface area contributed by atoms with Gasteiger partial charge in [0.25, 0.3) is 0 Å². The average molecular weight is 211 g/mol. The SMILES string of the molecule is CCn1cc(C(CC(=O)O)NC=O)cn1. The van der Waals surface area contributed by atoms with Crippen LogP contribution in [0.1, 0.15) is 24.9 Å². The van der Waals surface area contributed by atoms with Crippen LogP contribution in [0.5, 0.6) is 0 Å². The third-order valence-corrected chi connectivity index (χ3v) is 2.03. The summed E-state index contributed by atoms with van der Waals surface area (Å²) in [6.45, 7) is 2.64. The van der Waals surface area contributed by atoms with Gasteiger partial charge in [-0.05, 0) is 6.92 Å². The Morgan fingerprint density at radius 3 is 3.00 bits per heavy atom. The number of nitrogens with zero attached hydrogens (tertiary/aromatic N) is 2. The van der Waals surface area contributed by atoms with Gasteiger partial charge in [0.05, 0.1) is 18.7 Å². The van der Waals surface area contributed by atoms with Gasteiger partial charge in [0.1, 0.15) is 0 Å². The van der Waals surface area contributed by atoms with E-state index in [9.17, 15) is 9.59 Å². The highest BCUT2D eigenvalue weighted by atomic mass is 16.4. The normalized spacial score (nSPS) is 12.1. The number of hydrogen-bond acceptors (Lipinski definition) is 3. The Kier molecular flexibility index (Phi) is 3.84. The number of carbonyl (C=O) groups excluding carboxylic acids is 1. The molecule has 0 aliphatic heterocycles. The zero-order valence-corrected chi connectivity index (χ0v) is 8.38. The number of hydrogen-bond donors (Lipinski definition) is 2. The molecule has 1 unspecified atom stereocenters. The molecule has 1 heterocycles. The number of carbonyl (C=O) groups is 2. The third kappa shape index (κ3) is 3.08. The van der Waals surface area contributed by atoms with Crippen molar-refractivity contribution in [3.63, 3.8) is 0 Å². The monoisotopic (exact) mass is 211 g/mol. The molecule has 0 spiro atoms. The van der Waals surface area contributed by atoms with Gasteiger partial charge in [0.15, 0.2) is 0 Å². The Hall–Kier alpha value is -1.85. The van der Waals surface area contributed by atoms with E-state index in [1.807, 2.05) is 6.92 Å². The number of nitrogens with one attached hydrogen (secondary N) is 1. The lowest BCUT2D eigenvalue weighted by Gasteiger charge is -2.10. The summed E-state index contributed by atoms with van der Waals surface area (Å²) in [5.41, 5.74) is 0.700. The third-order valence-electron chi connectivity index (χ3n) is 2.03. The summed E-state index contributed by atoms with van der Waals surface area (Å²) in [5, 5.41) is 15.1. The number of carboxylic acids is 1. The van der Waals surface area contributed by atoms with E-state index >= 15 is 0 Å². The Labute approximate surface area is 86.9 Å². The van der Waals surface area contributed by atoms with Crippen molar-refractivity contribution >= 4 is 12.4 Å². The molecule has 82 valence electrons. The molecule has 0 aliphatic rings. The predicted octanol–water partition coefficient (Wildman–Crippen LogP) is 0.165. The highest BCUT2D eigenvalue weighted by Crippen LogP contribution is 2.15. The molecule has 0 bridgehead atoms. The number of aromatic nitrogens is 2. The first-order chi connectivity index (χ1) is 7.17. The maximum atomic E-state index is 10.6. The summed E-state index contributed by atoms with van der Waals surface area (Å²) < 4.78 is 1.68. The van der Waals surface area contributed by atoms with Crippen LogP contribution >= 0.6 is 0 Å². The fraction of sp³-hybridized carbons (Fsp3) is 0.444. The van der Waals surface area contributed by atoms with E-state index in [4.69, 9.17) is 5.11 Å². The highest BCUT2D eigenvalue weighted by molar-refractivity contribution is 5.68. The molecule has 1 amide bonds. The largest absolute Gasteiger partial charge is 0.481 e. The van der Waals surface area contributed by atoms with Gasteiger partial charge in [0, 0.05) is 18.3 Å². The second kappa shape index (κ2) is 5.14. The van der Waals surface area contributed by atoms with Crippen LogP contribution in [-0.2, 0) is 16.1 Å². The van der Waals surface area contributed by atoms with Gasteiger partial charge < -0.3 is 10.4 Å². The zero-order chi connectivity index (χ0) is 11.3. The van der Waals surface area contributed by atoms with Gasteiger partial charge in [-0.15, -0.1) is 0 Å². The predicted molar refractivity (Wildman–Crippen MR) is 52.1 cm³/mol. The van der Waals surface area contributed by atoms with Gasteiger partial charge >= 0.3 is 5.97 Å². The minimum absolute atomic E-state index is 0.145. The molecular weight excluding hydrogens is 198 g/mol. The van der Waals surface area contributed by atoms with Crippen molar-refractivity contribution in [2.24, 2.45) is 0 Å². The molecule has 0 saturated carbocycles. The molecule has 0 aliphatic carbocycles. The molecule has 0 fully saturated rings. The second-order valence-corrected chi connectivity index (χ2v) is 3.06. The fourth-order valence-electron chi connectivity index (χ4n) is 1.26. The number of amides is 1. The number of rotatable bonds is 6. The summed E-state index contributed by atoms with van der Waals surface area (Å²) in [7, 11) is 0. The summed E-state index contributed by atoms with van der Waals surface area (Å²) in [6, 6.07) is -0.514. The van der Waals surface area contributed by atoms with Gasteiger partial charge in [0.2, 0.25) is 6.41 Å². The van der Waals surface area contributed by atoms with E-state index in [2.05, 4.69) is 10.4 Å². The quantitative estimate of drug-likeness (QED) is 0.657. The molecule has 15 heavy (non-hydrogen) atoms. The molecule has 6 nitrogen and oxygen atoms in total. The maximum Gasteiger partial charge on any atom is 0.305 e. The number of carboxylic acid groups (broad SMARTS) is 1. The molecule has 1 aromatic heterocycles. The van der Waals surface area contributed by atoms with Crippen molar-refractivity contribution in [3.8, 4) is 0 Å². The van der Waals surface area contributed by atoms with Crippen LogP contribution < -0.4 is 5.32 Å². The van der Waals surface area contributed by atoms with Crippen LogP contribution in [0.25, 0.3) is 0 Å². The average Bonchev–Trinajstić information content (AvgIpc) is 2.64. The van der Waals surface area contributed by atoms with Gasteiger partial charge in [-0.25, -0.2) is 0 Å². The van der Waals surface area contributed by atoms with E-state index in [-0.39, 0.29) is 6.42 Å². The first kappa shape index (κ1) is 11.2. The molecular formula is C9H13N3O3. The van der Waals surface area contributed by atoms with Crippen molar-refractivity contribution in [2.45, 2.75) is 25.9 Å². The molecule has 1 aromatic rings. The van der Waals surface area contributed by atoms with E-state index in [1.54, 1.807) is 17.1 Å². The Morgan fingerprint density at radius 1 is 1.80 bits per heavy atom. The summed E-state index contributed by atoms with van der Waals surface area (Å²) in [5.74, 6) is -0.960. The van der Waals surface area contributed by atoms with E-state index in [0.29, 0.717) is 18.5 Å². The number of aliphatic carboxylic acids is 1. The standard InChI is InChI=1S/C9H13N3O3/c1-2-12-5-7(4-11-12)8(10-6-13)3-9(14)15/h4-6,8H,2-3H2,1H3,(H,10,13)(H,14,15). The maximum absolute atomic E-state index is 10.6. The van der Waals surface area contributed by atoms with Crippen molar-refractivity contribution in [3.05, 3.63) is 18.0 Å². The molecule has 0 saturated heterocycles. The molecule has 6 heteroatoms. The topological polar surface area (TPSA) is 84.2 Å².